The third-order valence-corrected chi connectivity index (χ3v) is 7.36. The summed E-state index contributed by atoms with van der Waals surface area (Å²) in [6.07, 6.45) is 0.743. The van der Waals surface area contributed by atoms with Crippen molar-refractivity contribution < 1.29 is 24.2 Å². The molecule has 0 saturated carbocycles. The maximum Gasteiger partial charge on any atom is 0.341 e. The minimum Gasteiger partial charge on any atom is -0.481 e. The number of esters is 1. The number of hydrogen-bond acceptors (Lipinski definition) is 5. The number of ether oxygens (including phenoxy) is 1. The summed E-state index contributed by atoms with van der Waals surface area (Å²) in [4.78, 5) is 38.5. The smallest absolute Gasteiger partial charge is 0.341 e. The molecule has 2 aromatic rings. The van der Waals surface area contributed by atoms with Crippen LogP contribution in [0.1, 0.15) is 67.3 Å². The Bertz CT molecular complexity index is 1040. The maximum atomic E-state index is 13.2. The molecule has 1 aromatic heterocycles. The Morgan fingerprint density at radius 3 is 2.34 bits per heavy atom. The molecular formula is C25H29NO5S. The highest BCUT2D eigenvalue weighted by Gasteiger charge is 2.38. The van der Waals surface area contributed by atoms with Gasteiger partial charge >= 0.3 is 11.9 Å². The molecule has 1 heterocycles. The van der Waals surface area contributed by atoms with Crippen LogP contribution in [0.4, 0.5) is 5.00 Å². The van der Waals surface area contributed by atoms with Gasteiger partial charge in [0, 0.05) is 10.8 Å². The number of aliphatic carboxylic acids is 1. The van der Waals surface area contributed by atoms with Crippen LogP contribution in [0, 0.1) is 11.8 Å². The first kappa shape index (κ1) is 23.7. The zero-order valence-corrected chi connectivity index (χ0v) is 19.6. The van der Waals surface area contributed by atoms with Gasteiger partial charge in [0.2, 0.25) is 5.91 Å². The fraction of sp³-hybridized carbons (Fsp3) is 0.400. The standard InChI is InChI=1S/C25H29NO5S/c1-5-31-25(30)20-13-21(16(4)17-9-7-6-8-10-17)32-23(20)26-22(27)18-11-14(2)15(3)12-19(18)24(28)29/h6-10,13,16,18-19H,5,11-12H2,1-4H3,(H,26,27)(H,28,29)/t16-,18+,19-/m0/s1. The highest BCUT2D eigenvalue weighted by atomic mass is 32.1. The number of carboxylic acids is 1. The Morgan fingerprint density at radius 1 is 1.12 bits per heavy atom. The van der Waals surface area contributed by atoms with E-state index in [4.69, 9.17) is 4.74 Å². The van der Waals surface area contributed by atoms with Crippen molar-refractivity contribution in [3.05, 3.63) is 63.5 Å². The van der Waals surface area contributed by atoms with E-state index in [2.05, 4.69) is 5.32 Å². The molecule has 3 atom stereocenters. The van der Waals surface area contributed by atoms with E-state index in [0.717, 1.165) is 21.6 Å². The highest BCUT2D eigenvalue weighted by Crippen LogP contribution is 2.39. The van der Waals surface area contributed by atoms with Gasteiger partial charge in [-0.3, -0.25) is 9.59 Å². The van der Waals surface area contributed by atoms with Gasteiger partial charge in [-0.05, 0) is 45.2 Å². The molecule has 0 bridgehead atoms. The fourth-order valence-corrected chi connectivity index (χ4v) is 5.14. The second kappa shape index (κ2) is 10.1. The van der Waals surface area contributed by atoms with Gasteiger partial charge in [-0.25, -0.2) is 4.79 Å². The highest BCUT2D eigenvalue weighted by molar-refractivity contribution is 7.16. The van der Waals surface area contributed by atoms with E-state index in [1.54, 1.807) is 13.0 Å². The number of benzene rings is 1. The Kier molecular flexibility index (Phi) is 7.51. The van der Waals surface area contributed by atoms with Crippen molar-refractivity contribution in [2.75, 3.05) is 11.9 Å². The molecule has 0 spiro atoms. The van der Waals surface area contributed by atoms with E-state index in [0.29, 0.717) is 23.4 Å². The number of carboxylic acid groups (broad SMARTS) is 1. The summed E-state index contributed by atoms with van der Waals surface area (Å²) in [7, 11) is 0. The van der Waals surface area contributed by atoms with Gasteiger partial charge in [0.15, 0.2) is 0 Å². The Labute approximate surface area is 192 Å². The van der Waals surface area contributed by atoms with Crippen LogP contribution in [-0.4, -0.2) is 29.6 Å². The van der Waals surface area contributed by atoms with E-state index >= 15 is 0 Å². The van der Waals surface area contributed by atoms with Gasteiger partial charge in [-0.15, -0.1) is 11.3 Å². The van der Waals surface area contributed by atoms with Gasteiger partial charge in [-0.2, -0.15) is 0 Å². The summed E-state index contributed by atoms with van der Waals surface area (Å²) in [5.74, 6) is -3.32. The molecule has 1 amide bonds. The van der Waals surface area contributed by atoms with Crippen molar-refractivity contribution in [2.24, 2.45) is 11.8 Å². The van der Waals surface area contributed by atoms with Crippen LogP contribution in [0.5, 0.6) is 0 Å². The van der Waals surface area contributed by atoms with Crippen LogP contribution in [0.15, 0.2) is 47.5 Å². The number of amides is 1. The second-order valence-corrected chi connectivity index (χ2v) is 9.34. The first-order valence-electron chi connectivity index (χ1n) is 10.8. The summed E-state index contributed by atoms with van der Waals surface area (Å²) in [6.45, 7) is 7.84. The number of thiophene rings is 1. The van der Waals surface area contributed by atoms with E-state index in [-0.39, 0.29) is 18.4 Å². The van der Waals surface area contributed by atoms with Crippen LogP contribution in [-0.2, 0) is 14.3 Å². The third kappa shape index (κ3) is 5.10. The van der Waals surface area contributed by atoms with E-state index in [1.807, 2.05) is 51.1 Å². The molecule has 0 aliphatic heterocycles. The number of nitrogens with one attached hydrogen (secondary N) is 1. The van der Waals surface area contributed by atoms with Gasteiger partial charge in [0.05, 0.1) is 24.0 Å². The second-order valence-electron chi connectivity index (χ2n) is 8.25. The fourth-order valence-electron chi connectivity index (χ4n) is 4.01. The van der Waals surface area contributed by atoms with Crippen molar-refractivity contribution >= 4 is 34.2 Å². The minimum absolute atomic E-state index is 0.0225. The van der Waals surface area contributed by atoms with Crippen LogP contribution in [0.3, 0.4) is 0 Å². The van der Waals surface area contributed by atoms with Crippen LogP contribution in [0.25, 0.3) is 0 Å². The topological polar surface area (TPSA) is 92.7 Å². The number of carbonyl (C=O) groups is 3. The zero-order valence-electron chi connectivity index (χ0n) is 18.8. The molecule has 1 aliphatic carbocycles. The number of rotatable bonds is 7. The van der Waals surface area contributed by atoms with Crippen LogP contribution >= 0.6 is 11.3 Å². The predicted octanol–water partition coefficient (Wildman–Crippen LogP) is 5.46. The molecule has 1 aromatic carbocycles. The van der Waals surface area contributed by atoms with E-state index in [9.17, 15) is 19.5 Å². The largest absolute Gasteiger partial charge is 0.481 e. The minimum atomic E-state index is -0.979. The first-order chi connectivity index (χ1) is 15.2. The summed E-state index contributed by atoms with van der Waals surface area (Å²) >= 11 is 1.33. The van der Waals surface area contributed by atoms with Crippen molar-refractivity contribution in [2.45, 2.75) is 46.5 Å². The van der Waals surface area contributed by atoms with Gasteiger partial charge in [-0.1, -0.05) is 48.4 Å². The van der Waals surface area contributed by atoms with Crippen LogP contribution < -0.4 is 5.32 Å². The van der Waals surface area contributed by atoms with Crippen LogP contribution in [0.2, 0.25) is 0 Å². The molecule has 6 nitrogen and oxygen atoms in total. The first-order valence-corrected chi connectivity index (χ1v) is 11.6. The molecular weight excluding hydrogens is 426 g/mol. The van der Waals surface area contributed by atoms with Crippen molar-refractivity contribution in [1.82, 2.24) is 0 Å². The molecule has 0 unspecified atom stereocenters. The number of carbonyl (C=O) groups excluding carboxylic acids is 2. The average Bonchev–Trinajstić information content (AvgIpc) is 3.19. The Hall–Kier alpha value is -2.93. The third-order valence-electron chi connectivity index (χ3n) is 6.13. The summed E-state index contributed by atoms with van der Waals surface area (Å²) in [5, 5.41) is 12.9. The van der Waals surface area contributed by atoms with Crippen molar-refractivity contribution in [3.63, 3.8) is 0 Å². The number of hydrogen-bond donors (Lipinski definition) is 2. The Morgan fingerprint density at radius 2 is 1.75 bits per heavy atom. The number of allylic oxidation sites excluding steroid dienone is 2. The molecule has 0 saturated heterocycles. The summed E-state index contributed by atoms with van der Waals surface area (Å²) < 4.78 is 5.20. The normalized spacial score (nSPS) is 19.4. The molecule has 3 rings (SSSR count). The molecule has 32 heavy (non-hydrogen) atoms. The Balaban J connectivity index is 1.92. The zero-order chi connectivity index (χ0) is 23.4. The summed E-state index contributed by atoms with van der Waals surface area (Å²) in [5.41, 5.74) is 3.45. The van der Waals surface area contributed by atoms with E-state index in [1.165, 1.54) is 11.3 Å². The average molecular weight is 456 g/mol. The van der Waals surface area contributed by atoms with Crippen molar-refractivity contribution in [1.29, 1.82) is 0 Å². The van der Waals surface area contributed by atoms with E-state index < -0.39 is 23.8 Å². The molecule has 7 heteroatoms. The molecule has 2 N–H and O–H groups in total. The maximum absolute atomic E-state index is 13.2. The summed E-state index contributed by atoms with van der Waals surface area (Å²) in [6, 6.07) is 11.7. The lowest BCUT2D eigenvalue weighted by molar-refractivity contribution is -0.146. The number of anilines is 1. The molecule has 0 radical (unpaired) electrons. The quantitative estimate of drug-likeness (QED) is 0.427. The van der Waals surface area contributed by atoms with Gasteiger partial charge < -0.3 is 15.2 Å². The lowest BCUT2D eigenvalue weighted by atomic mass is 9.76. The molecule has 170 valence electrons. The monoisotopic (exact) mass is 455 g/mol. The van der Waals surface area contributed by atoms with Crippen molar-refractivity contribution in [3.8, 4) is 0 Å². The lowest BCUT2D eigenvalue weighted by Crippen LogP contribution is -2.36. The molecule has 0 fully saturated rings. The lowest BCUT2D eigenvalue weighted by Gasteiger charge is -2.29. The predicted molar refractivity (Wildman–Crippen MR) is 125 cm³/mol. The van der Waals surface area contributed by atoms with Gasteiger partial charge in [0.1, 0.15) is 5.00 Å². The SMILES string of the molecule is CCOC(=O)c1cc([C@@H](C)c2ccccc2)sc1NC(=O)[C@@H]1CC(C)=C(C)C[C@@H]1C(=O)O. The molecule has 1 aliphatic rings. The van der Waals surface area contributed by atoms with Gasteiger partial charge in [0.25, 0.3) is 0 Å².